The number of alkyl halides is 5. The Labute approximate surface area is 171 Å². The molecule has 0 saturated carbocycles. The van der Waals surface area contributed by atoms with Gasteiger partial charge in [-0.3, -0.25) is 4.79 Å². The molecule has 0 unspecified atom stereocenters. The van der Waals surface area contributed by atoms with Gasteiger partial charge in [0.25, 0.3) is 5.91 Å². The molecule has 12 heteroatoms. The van der Waals surface area contributed by atoms with Gasteiger partial charge in [0.2, 0.25) is 12.1 Å². The summed E-state index contributed by atoms with van der Waals surface area (Å²) in [6.07, 6.45) is -2.15. The number of ether oxygens (including phenoxy) is 2. The van der Waals surface area contributed by atoms with Crippen molar-refractivity contribution in [1.29, 1.82) is 0 Å². The largest absolute Gasteiger partial charge is 0.619 e. The smallest absolute Gasteiger partial charge is 0.417 e. The Balaban J connectivity index is 1.91. The first-order chi connectivity index (χ1) is 14.6. The van der Waals surface area contributed by atoms with Crippen molar-refractivity contribution < 1.29 is 41.0 Å². The fourth-order valence-electron chi connectivity index (χ4n) is 2.38. The molecule has 2 aromatic heterocycles. The molecule has 1 N–H and O–H groups in total. The van der Waals surface area contributed by atoms with E-state index in [4.69, 9.17) is 4.74 Å². The molecule has 7 nitrogen and oxygen atoms in total. The zero-order chi connectivity index (χ0) is 22.6. The summed E-state index contributed by atoms with van der Waals surface area (Å²) in [5.41, 5.74) is -1.74. The average Bonchev–Trinajstić information content (AvgIpc) is 2.68. The van der Waals surface area contributed by atoms with Gasteiger partial charge >= 0.3 is 12.8 Å². The van der Waals surface area contributed by atoms with Crippen LogP contribution in [-0.2, 0) is 6.18 Å². The Morgan fingerprint density at radius 1 is 1.13 bits per heavy atom. The average molecular weight is 441 g/mol. The van der Waals surface area contributed by atoms with E-state index in [-0.39, 0.29) is 17.2 Å². The number of benzene rings is 1. The maximum atomic E-state index is 13.1. The number of aromatic nitrogens is 2. The number of nitrogens with one attached hydrogen (secondary N) is 1. The van der Waals surface area contributed by atoms with Crippen LogP contribution in [0.25, 0.3) is 0 Å². The van der Waals surface area contributed by atoms with Gasteiger partial charge in [-0.1, -0.05) is 0 Å². The molecule has 1 aromatic carbocycles. The van der Waals surface area contributed by atoms with Gasteiger partial charge in [0, 0.05) is 12.3 Å². The van der Waals surface area contributed by atoms with E-state index in [9.17, 15) is 32.0 Å². The third kappa shape index (κ3) is 5.78. The molecule has 0 bridgehead atoms. The predicted molar refractivity (Wildman–Crippen MR) is 95.7 cm³/mol. The highest BCUT2D eigenvalue weighted by atomic mass is 19.4. The topological polar surface area (TPSA) is 87.4 Å². The lowest BCUT2D eigenvalue weighted by Crippen LogP contribution is -2.25. The number of rotatable bonds is 6. The summed E-state index contributed by atoms with van der Waals surface area (Å²) in [6.45, 7) is -3.04. The lowest BCUT2D eigenvalue weighted by Gasteiger charge is -2.13. The Morgan fingerprint density at radius 2 is 1.81 bits per heavy atom. The van der Waals surface area contributed by atoms with Crippen LogP contribution in [-0.4, -0.2) is 17.5 Å². The number of carbonyl (C=O) groups is 1. The molecule has 0 aliphatic rings. The molecule has 3 aromatic rings. The number of carbonyl (C=O) groups excluding carboxylic acids is 1. The van der Waals surface area contributed by atoms with E-state index >= 15 is 0 Å². The van der Waals surface area contributed by atoms with Crippen LogP contribution in [0.1, 0.15) is 15.9 Å². The number of pyridine rings is 2. The molecular weight excluding hydrogens is 429 g/mol. The molecule has 2 heterocycles. The van der Waals surface area contributed by atoms with Crippen LogP contribution < -0.4 is 19.5 Å². The summed E-state index contributed by atoms with van der Waals surface area (Å²) in [6, 6.07) is 7.92. The Bertz CT molecular complexity index is 1070. The van der Waals surface area contributed by atoms with Gasteiger partial charge < -0.3 is 20.0 Å². The van der Waals surface area contributed by atoms with Gasteiger partial charge in [-0.15, -0.1) is 0 Å². The van der Waals surface area contributed by atoms with E-state index in [0.29, 0.717) is 17.0 Å². The minimum Gasteiger partial charge on any atom is -0.619 e. The van der Waals surface area contributed by atoms with Crippen LogP contribution in [0.3, 0.4) is 0 Å². The minimum absolute atomic E-state index is 0.0000334. The highest BCUT2D eigenvalue weighted by Crippen LogP contribution is 2.33. The van der Waals surface area contributed by atoms with Crippen molar-refractivity contribution in [3.63, 3.8) is 0 Å². The molecule has 0 atom stereocenters. The third-order valence-corrected chi connectivity index (χ3v) is 3.72. The second-order valence-electron chi connectivity index (χ2n) is 5.93. The Hall–Kier alpha value is -3.96. The molecule has 0 aliphatic heterocycles. The summed E-state index contributed by atoms with van der Waals surface area (Å²) in [7, 11) is 0. The fraction of sp³-hybridized carbons (Fsp3) is 0.105. The quantitative estimate of drug-likeness (QED) is 0.349. The zero-order valence-electron chi connectivity index (χ0n) is 15.3. The Morgan fingerprint density at radius 3 is 2.42 bits per heavy atom. The summed E-state index contributed by atoms with van der Waals surface area (Å²) in [5.74, 6) is -1.66. The summed E-state index contributed by atoms with van der Waals surface area (Å²) in [4.78, 5) is 16.1. The minimum atomic E-state index is -4.78. The van der Waals surface area contributed by atoms with Crippen LogP contribution in [0.5, 0.6) is 17.4 Å². The Kier molecular flexibility index (Phi) is 6.18. The van der Waals surface area contributed by atoms with Crippen molar-refractivity contribution in [2.75, 3.05) is 5.32 Å². The number of hydrogen-bond acceptors (Lipinski definition) is 5. The van der Waals surface area contributed by atoms with E-state index in [1.165, 1.54) is 24.3 Å². The summed E-state index contributed by atoms with van der Waals surface area (Å²) in [5, 5.41) is 13.6. The van der Waals surface area contributed by atoms with Crippen molar-refractivity contribution in [3.05, 3.63) is 77.4 Å². The maximum Gasteiger partial charge on any atom is 0.417 e. The lowest BCUT2D eigenvalue weighted by molar-refractivity contribution is -0.604. The monoisotopic (exact) mass is 441 g/mol. The number of nitrogens with zero attached hydrogens (tertiary/aromatic N) is 2. The molecule has 31 heavy (non-hydrogen) atoms. The van der Waals surface area contributed by atoms with E-state index in [2.05, 4.69) is 15.0 Å². The summed E-state index contributed by atoms with van der Waals surface area (Å²) < 4.78 is 73.7. The van der Waals surface area contributed by atoms with Gasteiger partial charge in [-0.05, 0) is 36.4 Å². The molecule has 3 rings (SSSR count). The van der Waals surface area contributed by atoms with Crippen LogP contribution in [0, 0.1) is 5.21 Å². The van der Waals surface area contributed by atoms with Crippen LogP contribution >= 0.6 is 0 Å². The first kappa shape index (κ1) is 21.7. The predicted octanol–water partition coefficient (Wildman–Crippen LogP) is 4.38. The molecule has 0 fully saturated rings. The van der Waals surface area contributed by atoms with E-state index in [0.717, 1.165) is 24.5 Å². The second kappa shape index (κ2) is 8.81. The highest BCUT2D eigenvalue weighted by molar-refractivity contribution is 6.05. The van der Waals surface area contributed by atoms with Crippen molar-refractivity contribution in [2.45, 2.75) is 12.8 Å². The second-order valence-corrected chi connectivity index (χ2v) is 5.93. The van der Waals surface area contributed by atoms with E-state index in [1.54, 1.807) is 0 Å². The van der Waals surface area contributed by atoms with E-state index in [1.807, 2.05) is 0 Å². The number of anilines is 1. The van der Waals surface area contributed by atoms with Gasteiger partial charge in [-0.2, -0.15) is 26.7 Å². The number of hydrogen-bond donors (Lipinski definition) is 1. The van der Waals surface area contributed by atoms with Crippen molar-refractivity contribution in [2.24, 2.45) is 0 Å². The molecule has 0 aliphatic carbocycles. The molecule has 1 amide bonds. The van der Waals surface area contributed by atoms with Gasteiger partial charge in [0.05, 0.1) is 5.56 Å². The highest BCUT2D eigenvalue weighted by Gasteiger charge is 2.33. The van der Waals surface area contributed by atoms with Crippen molar-refractivity contribution in [3.8, 4) is 17.4 Å². The third-order valence-electron chi connectivity index (χ3n) is 3.72. The lowest BCUT2D eigenvalue weighted by atomic mass is 10.1. The van der Waals surface area contributed by atoms with Crippen LogP contribution in [0.4, 0.5) is 27.6 Å². The molecule has 0 saturated heterocycles. The molecular formula is C19H12F5N3O4. The van der Waals surface area contributed by atoms with Crippen molar-refractivity contribution in [1.82, 2.24) is 4.98 Å². The van der Waals surface area contributed by atoms with Gasteiger partial charge in [0.15, 0.2) is 6.20 Å². The van der Waals surface area contributed by atoms with Gasteiger partial charge in [-0.25, -0.2) is 4.98 Å². The SMILES string of the molecule is O=C(Nc1ccc[n+]([O-])c1)c1cc(C(F)(F)F)cnc1Oc1ccc(OC(F)F)cc1. The van der Waals surface area contributed by atoms with E-state index < -0.39 is 35.7 Å². The van der Waals surface area contributed by atoms with Crippen molar-refractivity contribution >= 4 is 11.6 Å². The maximum absolute atomic E-state index is 13.1. The standard InChI is InChI=1S/C19H12F5N3O4/c20-18(21)31-14-5-3-13(4-6-14)30-17-15(8-11(9-25-17)19(22,23)24)16(28)26-12-2-1-7-27(29)10-12/h1-10,18H,(H,26,28). The number of halogens is 5. The fourth-order valence-corrected chi connectivity index (χ4v) is 2.38. The molecule has 0 radical (unpaired) electrons. The normalized spacial score (nSPS) is 11.3. The number of amides is 1. The molecule has 0 spiro atoms. The first-order valence-electron chi connectivity index (χ1n) is 8.42. The zero-order valence-corrected chi connectivity index (χ0v) is 15.3. The first-order valence-corrected chi connectivity index (χ1v) is 8.42. The molecule has 162 valence electrons. The summed E-state index contributed by atoms with van der Waals surface area (Å²) >= 11 is 0. The van der Waals surface area contributed by atoms with Crippen LogP contribution in [0.15, 0.2) is 61.1 Å². The van der Waals surface area contributed by atoms with Gasteiger partial charge in [0.1, 0.15) is 22.7 Å². The van der Waals surface area contributed by atoms with Crippen LogP contribution in [0.2, 0.25) is 0 Å².